The number of carbonyl (C=O) groups excluding carboxylic acids is 1. The Labute approximate surface area is 189 Å². The number of nitrogens with zero attached hydrogens (tertiary/aromatic N) is 3. The fourth-order valence-corrected chi connectivity index (χ4v) is 3.68. The number of hydrogen-bond acceptors (Lipinski definition) is 5. The number of nitrogens with one attached hydrogen (secondary N) is 2. The summed E-state index contributed by atoms with van der Waals surface area (Å²) in [5.74, 6) is 0.0473. The van der Waals surface area contributed by atoms with Gasteiger partial charge in [-0.2, -0.15) is 13.2 Å². The molecule has 6 nitrogen and oxygen atoms in total. The molecule has 0 spiro atoms. The third kappa shape index (κ3) is 5.42. The predicted octanol–water partition coefficient (Wildman–Crippen LogP) is 5.13. The number of anilines is 3. The first-order valence-corrected chi connectivity index (χ1v) is 10.8. The van der Waals surface area contributed by atoms with Crippen LogP contribution in [-0.4, -0.2) is 29.0 Å². The lowest BCUT2D eigenvalue weighted by Crippen LogP contribution is -2.31. The first kappa shape index (κ1) is 22.6. The number of rotatable bonds is 6. The van der Waals surface area contributed by atoms with Crippen molar-refractivity contribution < 1.29 is 18.0 Å². The molecular formula is C24H24F3N5O. The molecule has 1 aromatic heterocycles. The minimum Gasteiger partial charge on any atom is -0.367 e. The summed E-state index contributed by atoms with van der Waals surface area (Å²) < 4.78 is 38.8. The summed E-state index contributed by atoms with van der Waals surface area (Å²) in [6, 6.07) is 11.6. The number of aromatic nitrogens is 2. The second-order valence-corrected chi connectivity index (χ2v) is 7.85. The van der Waals surface area contributed by atoms with E-state index in [-0.39, 0.29) is 5.56 Å². The molecule has 0 aliphatic carbocycles. The number of fused-ring (bicyclic) bond motifs is 1. The van der Waals surface area contributed by atoms with E-state index in [9.17, 15) is 18.0 Å². The number of benzene rings is 2. The topological polar surface area (TPSA) is 70.2 Å². The van der Waals surface area contributed by atoms with E-state index in [1.54, 1.807) is 12.1 Å². The van der Waals surface area contributed by atoms with Crippen LogP contribution in [0.4, 0.5) is 30.5 Å². The molecule has 2 N–H and O–H groups in total. The quantitative estimate of drug-likeness (QED) is 0.539. The van der Waals surface area contributed by atoms with Gasteiger partial charge in [-0.25, -0.2) is 9.97 Å². The van der Waals surface area contributed by atoms with Gasteiger partial charge in [0, 0.05) is 54.8 Å². The Bertz CT molecular complexity index is 1150. The van der Waals surface area contributed by atoms with Crippen LogP contribution in [-0.2, 0) is 19.1 Å². The summed E-state index contributed by atoms with van der Waals surface area (Å²) in [6.07, 6.45) is -0.905. The first-order valence-electron chi connectivity index (χ1n) is 10.8. The molecule has 1 aliphatic heterocycles. The van der Waals surface area contributed by atoms with Crippen LogP contribution < -0.4 is 15.5 Å². The molecule has 1 aliphatic rings. The number of amides is 1. The van der Waals surface area contributed by atoms with E-state index in [2.05, 4.69) is 32.4 Å². The second-order valence-electron chi connectivity index (χ2n) is 7.85. The third-order valence-corrected chi connectivity index (χ3v) is 5.39. The van der Waals surface area contributed by atoms with Crippen molar-refractivity contribution in [3.63, 3.8) is 0 Å². The van der Waals surface area contributed by atoms with Crippen molar-refractivity contribution in [1.82, 2.24) is 9.97 Å². The molecule has 2 heterocycles. The van der Waals surface area contributed by atoms with Gasteiger partial charge < -0.3 is 15.5 Å². The van der Waals surface area contributed by atoms with E-state index < -0.39 is 17.6 Å². The van der Waals surface area contributed by atoms with Gasteiger partial charge in [-0.15, -0.1) is 0 Å². The highest BCUT2D eigenvalue weighted by atomic mass is 19.4. The van der Waals surface area contributed by atoms with E-state index in [1.165, 1.54) is 12.1 Å². The van der Waals surface area contributed by atoms with Gasteiger partial charge in [-0.05, 0) is 42.8 Å². The molecule has 0 bridgehead atoms. The molecule has 0 saturated heterocycles. The third-order valence-electron chi connectivity index (χ3n) is 5.39. The van der Waals surface area contributed by atoms with Crippen LogP contribution in [0, 0.1) is 0 Å². The summed E-state index contributed by atoms with van der Waals surface area (Å²) in [5, 5.41) is 5.90. The van der Waals surface area contributed by atoms with Gasteiger partial charge in [0.25, 0.3) is 5.91 Å². The van der Waals surface area contributed by atoms with Crippen molar-refractivity contribution in [3.05, 3.63) is 77.1 Å². The Hall–Kier alpha value is -3.62. The molecule has 2 aromatic carbocycles. The molecule has 0 unspecified atom stereocenters. The van der Waals surface area contributed by atoms with Gasteiger partial charge in [0.2, 0.25) is 5.95 Å². The van der Waals surface area contributed by atoms with E-state index in [1.807, 2.05) is 18.3 Å². The normalized spacial score (nSPS) is 13.4. The summed E-state index contributed by atoms with van der Waals surface area (Å²) >= 11 is 0. The maximum atomic E-state index is 12.9. The molecule has 3 aromatic rings. The van der Waals surface area contributed by atoms with Gasteiger partial charge in [-0.3, -0.25) is 4.79 Å². The Morgan fingerprint density at radius 1 is 1.15 bits per heavy atom. The van der Waals surface area contributed by atoms with E-state index in [0.717, 1.165) is 55.0 Å². The molecule has 1 amide bonds. The van der Waals surface area contributed by atoms with Crippen LogP contribution in [0.5, 0.6) is 0 Å². The van der Waals surface area contributed by atoms with Crippen LogP contribution in [0.3, 0.4) is 0 Å². The molecule has 0 radical (unpaired) electrons. The maximum Gasteiger partial charge on any atom is 0.416 e. The van der Waals surface area contributed by atoms with Crippen molar-refractivity contribution in [2.24, 2.45) is 0 Å². The summed E-state index contributed by atoms with van der Waals surface area (Å²) in [7, 11) is 0. The number of carbonyl (C=O) groups is 1. The number of halogens is 3. The van der Waals surface area contributed by atoms with Gasteiger partial charge in [0.1, 0.15) is 0 Å². The fraction of sp³-hybridized carbons (Fsp3) is 0.292. The molecule has 0 saturated carbocycles. The zero-order chi connectivity index (χ0) is 23.4. The maximum absolute atomic E-state index is 12.9. The highest BCUT2D eigenvalue weighted by molar-refractivity contribution is 6.04. The SMILES string of the molecule is CCCNc1ncc2c(n1)CCN(c1cccc(NC(=O)c3cccc(C(F)(F)F)c3)c1)C2. The Kier molecular flexibility index (Phi) is 6.48. The lowest BCUT2D eigenvalue weighted by atomic mass is 10.1. The summed E-state index contributed by atoms with van der Waals surface area (Å²) in [4.78, 5) is 23.7. The number of hydrogen-bond donors (Lipinski definition) is 2. The minimum atomic E-state index is -4.50. The standard InChI is InChI=1S/C24H24F3N5O/c1-2-10-28-23-29-14-17-15-32(11-9-21(17)31-23)20-8-4-7-19(13-20)30-22(33)16-5-3-6-18(12-16)24(25,26)27/h3-8,12-14H,2,9-11,15H2,1H3,(H,30,33)(H,28,29,31). The molecule has 4 rings (SSSR count). The monoisotopic (exact) mass is 455 g/mol. The van der Waals surface area contributed by atoms with E-state index >= 15 is 0 Å². The molecule has 0 fully saturated rings. The summed E-state index contributed by atoms with van der Waals surface area (Å²) in [5.41, 5.74) is 2.57. The lowest BCUT2D eigenvalue weighted by molar-refractivity contribution is -0.137. The second kappa shape index (κ2) is 9.48. The Balaban J connectivity index is 1.46. The smallest absolute Gasteiger partial charge is 0.367 e. The van der Waals surface area contributed by atoms with Gasteiger partial charge in [0.05, 0.1) is 11.3 Å². The zero-order valence-corrected chi connectivity index (χ0v) is 18.1. The largest absolute Gasteiger partial charge is 0.416 e. The van der Waals surface area contributed by atoms with Crippen LogP contribution in [0.25, 0.3) is 0 Å². The average Bonchev–Trinajstić information content (AvgIpc) is 2.82. The summed E-state index contributed by atoms with van der Waals surface area (Å²) in [6.45, 7) is 4.29. The van der Waals surface area contributed by atoms with Crippen LogP contribution in [0.1, 0.15) is 40.5 Å². The number of alkyl halides is 3. The van der Waals surface area contributed by atoms with Crippen molar-refractivity contribution in [3.8, 4) is 0 Å². The van der Waals surface area contributed by atoms with Crippen molar-refractivity contribution in [2.75, 3.05) is 28.6 Å². The van der Waals surface area contributed by atoms with Crippen LogP contribution in [0.2, 0.25) is 0 Å². The average molecular weight is 455 g/mol. The molecule has 9 heteroatoms. The fourth-order valence-electron chi connectivity index (χ4n) is 3.68. The molecule has 172 valence electrons. The van der Waals surface area contributed by atoms with Crippen molar-refractivity contribution in [1.29, 1.82) is 0 Å². The molecular weight excluding hydrogens is 431 g/mol. The predicted molar refractivity (Wildman–Crippen MR) is 121 cm³/mol. The van der Waals surface area contributed by atoms with Crippen LogP contribution >= 0.6 is 0 Å². The lowest BCUT2D eigenvalue weighted by Gasteiger charge is -2.30. The highest BCUT2D eigenvalue weighted by Gasteiger charge is 2.31. The Morgan fingerprint density at radius 2 is 1.97 bits per heavy atom. The molecule has 33 heavy (non-hydrogen) atoms. The van der Waals surface area contributed by atoms with E-state index in [4.69, 9.17) is 0 Å². The first-order chi connectivity index (χ1) is 15.8. The zero-order valence-electron chi connectivity index (χ0n) is 18.1. The Morgan fingerprint density at radius 3 is 2.76 bits per heavy atom. The van der Waals surface area contributed by atoms with Crippen molar-refractivity contribution in [2.45, 2.75) is 32.5 Å². The van der Waals surface area contributed by atoms with Gasteiger partial charge in [-0.1, -0.05) is 19.1 Å². The van der Waals surface area contributed by atoms with Gasteiger partial charge in [0.15, 0.2) is 0 Å². The van der Waals surface area contributed by atoms with Crippen LogP contribution in [0.15, 0.2) is 54.7 Å². The van der Waals surface area contributed by atoms with Crippen molar-refractivity contribution >= 4 is 23.2 Å². The highest BCUT2D eigenvalue weighted by Crippen LogP contribution is 2.30. The van der Waals surface area contributed by atoms with Gasteiger partial charge >= 0.3 is 6.18 Å². The minimum absolute atomic E-state index is 0.0493. The molecule has 0 atom stereocenters. The van der Waals surface area contributed by atoms with E-state index in [0.29, 0.717) is 18.2 Å².